The first-order valence-electron chi connectivity index (χ1n) is 9.09. The van der Waals surface area contributed by atoms with Crippen molar-refractivity contribution in [2.75, 3.05) is 13.2 Å². The monoisotopic (exact) mass is 374 g/mol. The van der Waals surface area contributed by atoms with Gasteiger partial charge in [-0.15, -0.1) is 0 Å². The number of amides is 1. The molecule has 1 N–H and O–H groups in total. The number of benzene rings is 2. The third-order valence-electron chi connectivity index (χ3n) is 4.77. The maximum Gasteiger partial charge on any atom is 0.407 e. The van der Waals surface area contributed by atoms with Crippen LogP contribution in [0.3, 0.4) is 0 Å². The maximum atomic E-state index is 12.8. The van der Waals surface area contributed by atoms with E-state index < -0.39 is 12.0 Å². The number of hydrogen-bond acceptors (Lipinski definition) is 3. The highest BCUT2D eigenvalue weighted by molar-refractivity contribution is 5.79. The highest BCUT2D eigenvalue weighted by Crippen LogP contribution is 2.44. The fourth-order valence-electron chi connectivity index (χ4n) is 3.47. The highest BCUT2D eigenvalue weighted by atomic mass is 19.1. The molecule has 5 heteroatoms. The number of aromatic nitrogens is 1. The zero-order chi connectivity index (χ0) is 19.3. The van der Waals surface area contributed by atoms with Gasteiger partial charge in [0.25, 0.3) is 0 Å². The average molecular weight is 374 g/mol. The number of pyridine rings is 1. The van der Waals surface area contributed by atoms with Gasteiger partial charge in [0.1, 0.15) is 6.61 Å². The molecule has 28 heavy (non-hydrogen) atoms. The Kier molecular flexibility index (Phi) is 5.15. The summed E-state index contributed by atoms with van der Waals surface area (Å²) in [6.07, 6.45) is 4.48. The van der Waals surface area contributed by atoms with Crippen LogP contribution in [0.25, 0.3) is 17.2 Å². The minimum Gasteiger partial charge on any atom is -0.449 e. The lowest BCUT2D eigenvalue weighted by atomic mass is 9.98. The quantitative estimate of drug-likeness (QED) is 0.655. The summed E-state index contributed by atoms with van der Waals surface area (Å²) in [5, 5.41) is 2.69. The third kappa shape index (κ3) is 3.78. The van der Waals surface area contributed by atoms with Crippen molar-refractivity contribution in [2.45, 2.75) is 5.92 Å². The molecule has 3 aromatic rings. The Bertz CT molecular complexity index is 970. The molecular formula is C23H19FN2O2. The molecule has 0 fully saturated rings. The lowest BCUT2D eigenvalue weighted by Gasteiger charge is -2.14. The molecule has 1 heterocycles. The molecule has 0 radical (unpaired) electrons. The second-order valence-corrected chi connectivity index (χ2v) is 6.52. The molecule has 0 atom stereocenters. The van der Waals surface area contributed by atoms with Crippen LogP contribution in [0, 0.1) is 5.95 Å². The van der Waals surface area contributed by atoms with Crippen LogP contribution < -0.4 is 5.32 Å². The van der Waals surface area contributed by atoms with Gasteiger partial charge in [0.2, 0.25) is 5.95 Å². The van der Waals surface area contributed by atoms with Crippen LogP contribution in [-0.2, 0) is 4.74 Å². The van der Waals surface area contributed by atoms with Gasteiger partial charge in [0.05, 0.1) is 0 Å². The molecule has 1 aromatic heterocycles. The molecule has 140 valence electrons. The number of halogens is 1. The molecule has 0 saturated carbocycles. The van der Waals surface area contributed by atoms with Crippen molar-refractivity contribution < 1.29 is 13.9 Å². The van der Waals surface area contributed by atoms with E-state index >= 15 is 0 Å². The number of alkyl carbamates (subject to hydrolysis) is 1. The first kappa shape index (κ1) is 17.9. The topological polar surface area (TPSA) is 51.2 Å². The second-order valence-electron chi connectivity index (χ2n) is 6.52. The van der Waals surface area contributed by atoms with Crippen molar-refractivity contribution >= 4 is 12.2 Å². The highest BCUT2D eigenvalue weighted by Gasteiger charge is 2.28. The first-order valence-corrected chi connectivity index (χ1v) is 9.09. The van der Waals surface area contributed by atoms with Gasteiger partial charge in [-0.2, -0.15) is 4.39 Å². The van der Waals surface area contributed by atoms with Crippen LogP contribution >= 0.6 is 0 Å². The predicted octanol–water partition coefficient (Wildman–Crippen LogP) is 4.77. The second kappa shape index (κ2) is 8.05. The lowest BCUT2D eigenvalue weighted by Crippen LogP contribution is -2.26. The zero-order valence-electron chi connectivity index (χ0n) is 15.1. The summed E-state index contributed by atoms with van der Waals surface area (Å²) in [4.78, 5) is 15.6. The van der Waals surface area contributed by atoms with E-state index in [1.807, 2.05) is 24.3 Å². The number of hydrogen-bond donors (Lipinski definition) is 1. The molecule has 0 saturated heterocycles. The molecule has 1 amide bonds. The van der Waals surface area contributed by atoms with Gasteiger partial charge in [0, 0.05) is 18.7 Å². The summed E-state index contributed by atoms with van der Waals surface area (Å²) in [6, 6.07) is 19.3. The SMILES string of the molecule is O=C(NCC=Cc1ccc(F)nc1)OCC1c2ccccc2-c2ccccc21. The zero-order valence-corrected chi connectivity index (χ0v) is 15.1. The number of carbonyl (C=O) groups is 1. The van der Waals surface area contributed by atoms with Crippen LogP contribution in [0.15, 0.2) is 72.9 Å². The lowest BCUT2D eigenvalue weighted by molar-refractivity contribution is 0.144. The molecule has 0 spiro atoms. The van der Waals surface area contributed by atoms with Gasteiger partial charge in [-0.05, 0) is 39.9 Å². The number of carbonyl (C=O) groups excluding carboxylic acids is 1. The van der Waals surface area contributed by atoms with Crippen LogP contribution in [0.4, 0.5) is 9.18 Å². The third-order valence-corrected chi connectivity index (χ3v) is 4.77. The molecule has 2 aromatic carbocycles. The number of fused-ring (bicyclic) bond motifs is 3. The minimum atomic E-state index is -0.520. The smallest absolute Gasteiger partial charge is 0.407 e. The van der Waals surface area contributed by atoms with Gasteiger partial charge < -0.3 is 10.1 Å². The standard InChI is InChI=1S/C23H19FN2O2/c24-22-12-11-16(14-26-22)6-5-13-25-23(27)28-15-21-19-9-3-1-7-17(19)18-8-2-4-10-20(18)21/h1-12,14,21H,13,15H2,(H,25,27). The number of ether oxygens (including phenoxy) is 1. The maximum absolute atomic E-state index is 12.8. The molecule has 0 unspecified atom stereocenters. The first-order chi connectivity index (χ1) is 13.7. The normalized spacial score (nSPS) is 12.6. The molecule has 0 aliphatic heterocycles. The van der Waals surface area contributed by atoms with E-state index in [2.05, 4.69) is 34.6 Å². The molecule has 1 aliphatic carbocycles. The van der Waals surface area contributed by atoms with Gasteiger partial charge in [-0.25, -0.2) is 9.78 Å². The van der Waals surface area contributed by atoms with Crippen LogP contribution in [0.5, 0.6) is 0 Å². The average Bonchev–Trinajstić information content (AvgIpc) is 3.05. The Hall–Kier alpha value is -3.47. The van der Waals surface area contributed by atoms with Crippen LogP contribution in [0.2, 0.25) is 0 Å². The fraction of sp³-hybridized carbons (Fsp3) is 0.130. The van der Waals surface area contributed by atoms with Gasteiger partial charge in [-0.1, -0.05) is 60.7 Å². The largest absolute Gasteiger partial charge is 0.449 e. The van der Waals surface area contributed by atoms with Crippen molar-refractivity contribution in [1.82, 2.24) is 10.3 Å². The van der Waals surface area contributed by atoms with E-state index in [1.54, 1.807) is 18.2 Å². The van der Waals surface area contributed by atoms with E-state index in [0.717, 1.165) is 5.56 Å². The van der Waals surface area contributed by atoms with Crippen molar-refractivity contribution in [3.05, 3.63) is 95.6 Å². The van der Waals surface area contributed by atoms with E-state index in [4.69, 9.17) is 4.74 Å². The summed E-state index contributed by atoms with van der Waals surface area (Å²) >= 11 is 0. The van der Waals surface area contributed by atoms with Crippen LogP contribution in [-0.4, -0.2) is 24.2 Å². The van der Waals surface area contributed by atoms with E-state index in [0.29, 0.717) is 6.54 Å². The fourth-order valence-corrected chi connectivity index (χ4v) is 3.47. The molecule has 1 aliphatic rings. The summed E-state index contributed by atoms with van der Waals surface area (Å²) in [7, 11) is 0. The Balaban J connectivity index is 1.33. The minimum absolute atomic E-state index is 0.0407. The van der Waals surface area contributed by atoms with Crippen LogP contribution in [0.1, 0.15) is 22.6 Å². The van der Waals surface area contributed by atoms with Crippen molar-refractivity contribution in [1.29, 1.82) is 0 Å². The Labute approximate surface area is 162 Å². The van der Waals surface area contributed by atoms with E-state index in [1.165, 1.54) is 34.5 Å². The number of nitrogens with zero attached hydrogens (tertiary/aromatic N) is 1. The Morgan fingerprint density at radius 2 is 1.71 bits per heavy atom. The molecule has 4 rings (SSSR count). The van der Waals surface area contributed by atoms with Crippen molar-refractivity contribution in [3.63, 3.8) is 0 Å². The molecule has 0 bridgehead atoms. The summed E-state index contributed by atoms with van der Waals surface area (Å²) in [5.41, 5.74) is 5.52. The summed E-state index contributed by atoms with van der Waals surface area (Å²) in [5.74, 6) is -0.479. The predicted molar refractivity (Wildman–Crippen MR) is 106 cm³/mol. The Morgan fingerprint density at radius 3 is 2.36 bits per heavy atom. The van der Waals surface area contributed by atoms with E-state index in [9.17, 15) is 9.18 Å². The Morgan fingerprint density at radius 1 is 1.04 bits per heavy atom. The van der Waals surface area contributed by atoms with Gasteiger partial charge in [0.15, 0.2) is 0 Å². The van der Waals surface area contributed by atoms with Crippen molar-refractivity contribution in [3.8, 4) is 11.1 Å². The summed E-state index contributed by atoms with van der Waals surface area (Å²) < 4.78 is 18.2. The number of nitrogens with one attached hydrogen (secondary N) is 1. The van der Waals surface area contributed by atoms with E-state index in [-0.39, 0.29) is 12.5 Å². The molecular weight excluding hydrogens is 355 g/mol. The van der Waals surface area contributed by atoms with Crippen molar-refractivity contribution in [2.24, 2.45) is 0 Å². The summed E-state index contributed by atoms with van der Waals surface area (Å²) in [6.45, 7) is 0.597. The number of rotatable bonds is 5. The molecule has 4 nitrogen and oxygen atoms in total. The van der Waals surface area contributed by atoms with Gasteiger partial charge in [-0.3, -0.25) is 0 Å². The van der Waals surface area contributed by atoms with Gasteiger partial charge >= 0.3 is 6.09 Å².